The quantitative estimate of drug-likeness (QED) is 0.774. The number of hydrogen-bond acceptors (Lipinski definition) is 3. The van der Waals surface area contributed by atoms with Crippen LogP contribution in [0.15, 0.2) is 42.5 Å². The summed E-state index contributed by atoms with van der Waals surface area (Å²) in [7, 11) is 0. The average Bonchev–Trinajstić information content (AvgIpc) is 3.06. The van der Waals surface area contributed by atoms with Gasteiger partial charge in [0.2, 0.25) is 0 Å². The summed E-state index contributed by atoms with van der Waals surface area (Å²) in [4.78, 5) is 14.1. The summed E-state index contributed by atoms with van der Waals surface area (Å²) >= 11 is 6.06. The molecule has 1 fully saturated rings. The summed E-state index contributed by atoms with van der Waals surface area (Å²) in [6.07, 6.45) is 0.699. The Morgan fingerprint density at radius 3 is 2.81 bits per heavy atom. The smallest absolute Gasteiger partial charge is 0.387 e. The number of halogens is 3. The third kappa shape index (κ3) is 5.01. The minimum atomic E-state index is -2.88. The second-order valence-electron chi connectivity index (χ2n) is 6.34. The average molecular weight is 396 g/mol. The van der Waals surface area contributed by atoms with Crippen molar-refractivity contribution in [2.75, 3.05) is 23.3 Å². The first-order valence-electron chi connectivity index (χ1n) is 8.55. The first kappa shape index (κ1) is 19.2. The van der Waals surface area contributed by atoms with Crippen LogP contribution in [-0.4, -0.2) is 31.8 Å². The van der Waals surface area contributed by atoms with E-state index in [1.165, 1.54) is 6.07 Å². The van der Waals surface area contributed by atoms with Gasteiger partial charge in [0.15, 0.2) is 0 Å². The van der Waals surface area contributed by atoms with E-state index < -0.39 is 6.61 Å². The molecule has 2 amide bonds. The van der Waals surface area contributed by atoms with Gasteiger partial charge in [-0.1, -0.05) is 29.8 Å². The summed E-state index contributed by atoms with van der Waals surface area (Å²) in [6, 6.07) is 11.5. The number of hydrogen-bond donors (Lipinski definition) is 2. The number of carbonyl (C=O) groups is 1. The lowest BCUT2D eigenvalue weighted by Gasteiger charge is -2.22. The highest BCUT2D eigenvalue weighted by atomic mass is 35.5. The van der Waals surface area contributed by atoms with Crippen LogP contribution in [0.1, 0.15) is 12.0 Å². The van der Waals surface area contributed by atoms with E-state index in [1.807, 2.05) is 17.9 Å². The predicted molar refractivity (Wildman–Crippen MR) is 102 cm³/mol. The van der Waals surface area contributed by atoms with Crippen molar-refractivity contribution in [1.82, 2.24) is 5.32 Å². The fraction of sp³-hybridized carbons (Fsp3) is 0.316. The normalized spacial score (nSPS) is 16.5. The van der Waals surface area contributed by atoms with Crippen LogP contribution >= 0.6 is 11.6 Å². The largest absolute Gasteiger partial charge is 0.433 e. The number of rotatable bonds is 5. The van der Waals surface area contributed by atoms with Crippen LogP contribution in [0.3, 0.4) is 0 Å². The highest BCUT2D eigenvalue weighted by molar-refractivity contribution is 6.31. The van der Waals surface area contributed by atoms with Gasteiger partial charge in [-0.3, -0.25) is 0 Å². The lowest BCUT2D eigenvalue weighted by molar-refractivity contribution is -0.0495. The Morgan fingerprint density at radius 2 is 2.07 bits per heavy atom. The van der Waals surface area contributed by atoms with Crippen LogP contribution in [0, 0.1) is 6.92 Å². The van der Waals surface area contributed by atoms with Crippen LogP contribution in [0.5, 0.6) is 5.75 Å². The van der Waals surface area contributed by atoms with Gasteiger partial charge in [-0.15, -0.1) is 0 Å². The van der Waals surface area contributed by atoms with Gasteiger partial charge in [-0.2, -0.15) is 8.78 Å². The Kier molecular flexibility index (Phi) is 6.01. The van der Waals surface area contributed by atoms with Crippen molar-refractivity contribution < 1.29 is 18.3 Å². The van der Waals surface area contributed by atoms with Crippen LogP contribution in [0.25, 0.3) is 0 Å². The molecular formula is C19H20ClF2N3O2. The SMILES string of the molecule is Cc1ccc(NC(=O)NC2CCN(c3ccccc3OC(F)F)C2)cc1Cl. The fourth-order valence-corrected chi connectivity index (χ4v) is 3.21. The van der Waals surface area contributed by atoms with E-state index in [9.17, 15) is 13.6 Å². The van der Waals surface area contributed by atoms with Gasteiger partial charge in [0.05, 0.1) is 5.69 Å². The van der Waals surface area contributed by atoms with E-state index in [-0.39, 0.29) is 17.8 Å². The van der Waals surface area contributed by atoms with Gasteiger partial charge in [-0.05, 0) is 43.2 Å². The number of ether oxygens (including phenoxy) is 1. The molecule has 0 saturated carbocycles. The number of urea groups is 1. The number of amides is 2. The van der Waals surface area contributed by atoms with Crippen LogP contribution < -0.4 is 20.3 Å². The zero-order valence-corrected chi connectivity index (χ0v) is 15.5. The van der Waals surface area contributed by atoms with Crippen molar-refractivity contribution in [2.45, 2.75) is 26.0 Å². The summed E-state index contributed by atoms with van der Waals surface area (Å²) in [6.45, 7) is 0.140. The molecule has 1 heterocycles. The Balaban J connectivity index is 1.58. The maximum Gasteiger partial charge on any atom is 0.387 e. The third-order valence-corrected chi connectivity index (χ3v) is 4.78. The van der Waals surface area contributed by atoms with Gasteiger partial charge < -0.3 is 20.3 Å². The minimum absolute atomic E-state index is 0.106. The monoisotopic (exact) mass is 395 g/mol. The first-order chi connectivity index (χ1) is 12.9. The van der Waals surface area contributed by atoms with E-state index in [1.54, 1.807) is 30.3 Å². The molecule has 0 aromatic heterocycles. The number of anilines is 2. The van der Waals surface area contributed by atoms with Gasteiger partial charge in [0, 0.05) is 29.8 Å². The molecule has 0 radical (unpaired) electrons. The molecular weight excluding hydrogens is 376 g/mol. The maximum atomic E-state index is 12.6. The fourth-order valence-electron chi connectivity index (χ4n) is 3.03. The zero-order chi connectivity index (χ0) is 19.4. The molecule has 3 rings (SSSR count). The van der Waals surface area contributed by atoms with E-state index in [2.05, 4.69) is 15.4 Å². The Morgan fingerprint density at radius 1 is 1.30 bits per heavy atom. The Labute approximate surface area is 161 Å². The van der Waals surface area contributed by atoms with Crippen molar-refractivity contribution in [3.05, 3.63) is 53.1 Å². The van der Waals surface area contributed by atoms with Crippen molar-refractivity contribution in [3.63, 3.8) is 0 Å². The van der Waals surface area contributed by atoms with Crippen molar-refractivity contribution in [1.29, 1.82) is 0 Å². The number of nitrogens with zero attached hydrogens (tertiary/aromatic N) is 1. The van der Waals surface area contributed by atoms with E-state index in [4.69, 9.17) is 11.6 Å². The molecule has 0 aliphatic carbocycles. The summed E-state index contributed by atoms with van der Waals surface area (Å²) in [5, 5.41) is 6.23. The number of benzene rings is 2. The number of aryl methyl sites for hydroxylation is 1. The lowest BCUT2D eigenvalue weighted by Crippen LogP contribution is -2.39. The summed E-state index contributed by atoms with van der Waals surface area (Å²) < 4.78 is 29.7. The first-order valence-corrected chi connectivity index (χ1v) is 8.92. The summed E-state index contributed by atoms with van der Waals surface area (Å²) in [5.41, 5.74) is 2.13. The van der Waals surface area contributed by atoms with Crippen molar-refractivity contribution in [3.8, 4) is 5.75 Å². The molecule has 1 unspecified atom stereocenters. The molecule has 5 nitrogen and oxygen atoms in total. The van der Waals surface area contributed by atoms with Crippen LogP contribution in [0.2, 0.25) is 5.02 Å². The molecule has 2 aromatic carbocycles. The Bertz CT molecular complexity index is 819. The zero-order valence-electron chi connectivity index (χ0n) is 14.7. The van der Waals surface area contributed by atoms with Crippen molar-refractivity contribution >= 4 is 29.0 Å². The van der Waals surface area contributed by atoms with Gasteiger partial charge in [-0.25, -0.2) is 4.79 Å². The lowest BCUT2D eigenvalue weighted by atomic mass is 10.2. The molecule has 2 aromatic rings. The molecule has 1 aliphatic heterocycles. The van der Waals surface area contributed by atoms with Crippen LogP contribution in [-0.2, 0) is 0 Å². The number of carbonyl (C=O) groups excluding carboxylic acids is 1. The molecule has 2 N–H and O–H groups in total. The maximum absolute atomic E-state index is 12.6. The van der Waals surface area contributed by atoms with E-state index in [0.29, 0.717) is 35.9 Å². The van der Waals surface area contributed by atoms with E-state index >= 15 is 0 Å². The minimum Gasteiger partial charge on any atom is -0.433 e. The third-order valence-electron chi connectivity index (χ3n) is 4.38. The number of alkyl halides is 2. The molecule has 0 spiro atoms. The Hall–Kier alpha value is -2.54. The standard InChI is InChI=1S/C19H20ClF2N3O2/c1-12-6-7-13(10-15(12)20)23-19(26)24-14-8-9-25(11-14)16-4-2-3-5-17(16)27-18(21)22/h2-7,10,14,18H,8-9,11H2,1H3,(H2,23,24,26). The second-order valence-corrected chi connectivity index (χ2v) is 6.75. The highest BCUT2D eigenvalue weighted by Gasteiger charge is 2.26. The highest BCUT2D eigenvalue weighted by Crippen LogP contribution is 2.31. The van der Waals surface area contributed by atoms with Crippen molar-refractivity contribution in [2.24, 2.45) is 0 Å². The molecule has 0 bridgehead atoms. The number of para-hydroxylation sites is 2. The van der Waals surface area contributed by atoms with Gasteiger partial charge in [0.25, 0.3) is 0 Å². The van der Waals surface area contributed by atoms with Gasteiger partial charge in [0.1, 0.15) is 5.75 Å². The molecule has 1 atom stereocenters. The topological polar surface area (TPSA) is 53.6 Å². The predicted octanol–water partition coefficient (Wildman–Crippen LogP) is 4.65. The molecule has 8 heteroatoms. The summed E-state index contributed by atoms with van der Waals surface area (Å²) in [5.74, 6) is 0.131. The second kappa shape index (κ2) is 8.43. The van der Waals surface area contributed by atoms with Gasteiger partial charge >= 0.3 is 12.6 Å². The number of nitrogens with one attached hydrogen (secondary N) is 2. The molecule has 1 saturated heterocycles. The molecule has 144 valence electrons. The van der Waals surface area contributed by atoms with E-state index in [0.717, 1.165) is 5.56 Å². The molecule has 1 aliphatic rings. The van der Waals surface area contributed by atoms with Crippen LogP contribution in [0.4, 0.5) is 25.0 Å². The molecule has 27 heavy (non-hydrogen) atoms.